The van der Waals surface area contributed by atoms with E-state index in [0.717, 1.165) is 50.0 Å². The Morgan fingerprint density at radius 2 is 2.07 bits per heavy atom. The minimum absolute atomic E-state index is 0.120. The SMILES string of the molecule is NC1C(CNC(=O)c2cccc3cccnc23)CN(CC2CCOCC2)C1Cl. The van der Waals surface area contributed by atoms with Gasteiger partial charge in [-0.05, 0) is 30.9 Å². The molecule has 4 rings (SSSR count). The summed E-state index contributed by atoms with van der Waals surface area (Å²) in [7, 11) is 0. The fraction of sp³-hybridized carbons (Fsp3) is 0.524. The van der Waals surface area contributed by atoms with E-state index in [9.17, 15) is 4.79 Å². The van der Waals surface area contributed by atoms with Crippen LogP contribution >= 0.6 is 11.6 Å². The Morgan fingerprint density at radius 1 is 1.29 bits per heavy atom. The van der Waals surface area contributed by atoms with Crippen molar-refractivity contribution in [2.75, 3.05) is 32.8 Å². The van der Waals surface area contributed by atoms with Gasteiger partial charge in [-0.1, -0.05) is 18.2 Å². The van der Waals surface area contributed by atoms with Crippen LogP contribution in [-0.4, -0.2) is 60.2 Å². The zero-order valence-corrected chi connectivity index (χ0v) is 16.6. The number of amides is 1. The number of benzene rings is 1. The molecule has 1 aromatic heterocycles. The highest BCUT2D eigenvalue weighted by Gasteiger charge is 2.39. The van der Waals surface area contributed by atoms with Crippen molar-refractivity contribution in [1.82, 2.24) is 15.2 Å². The average Bonchev–Trinajstić information content (AvgIpc) is 3.00. The maximum atomic E-state index is 12.7. The lowest BCUT2D eigenvalue weighted by molar-refractivity contribution is 0.0535. The Kier molecular flexibility index (Phi) is 6.11. The monoisotopic (exact) mass is 402 g/mol. The maximum absolute atomic E-state index is 12.7. The van der Waals surface area contributed by atoms with Gasteiger partial charge in [0.05, 0.1) is 11.1 Å². The van der Waals surface area contributed by atoms with Gasteiger partial charge in [-0.25, -0.2) is 0 Å². The molecule has 28 heavy (non-hydrogen) atoms. The predicted molar refractivity (Wildman–Crippen MR) is 110 cm³/mol. The molecule has 1 aromatic carbocycles. The van der Waals surface area contributed by atoms with Gasteiger partial charge in [-0.15, -0.1) is 11.6 Å². The molecule has 1 amide bonds. The summed E-state index contributed by atoms with van der Waals surface area (Å²) in [5.74, 6) is 0.622. The largest absolute Gasteiger partial charge is 0.381 e. The van der Waals surface area contributed by atoms with E-state index in [2.05, 4.69) is 15.2 Å². The standard InChI is InChI=1S/C21H27ClN4O2/c22-20-18(23)16(13-26(20)12-14-6-9-28-10-7-14)11-25-21(27)17-5-1-3-15-4-2-8-24-19(15)17/h1-5,8,14,16,18,20H,6-7,9-13,23H2,(H,25,27). The minimum Gasteiger partial charge on any atom is -0.381 e. The number of carbonyl (C=O) groups excluding carboxylic acids is 1. The summed E-state index contributed by atoms with van der Waals surface area (Å²) >= 11 is 6.60. The number of hydrogen-bond acceptors (Lipinski definition) is 5. The number of hydrogen-bond donors (Lipinski definition) is 2. The number of para-hydroxylation sites is 1. The summed E-state index contributed by atoms with van der Waals surface area (Å²) in [4.78, 5) is 19.4. The highest BCUT2D eigenvalue weighted by Crippen LogP contribution is 2.28. The molecular weight excluding hydrogens is 376 g/mol. The first-order chi connectivity index (χ1) is 13.6. The molecule has 6 nitrogen and oxygen atoms in total. The molecule has 3 atom stereocenters. The Hall–Kier alpha value is -1.73. The number of carbonyl (C=O) groups is 1. The maximum Gasteiger partial charge on any atom is 0.253 e. The van der Waals surface area contributed by atoms with Crippen molar-refractivity contribution in [2.45, 2.75) is 24.4 Å². The second-order valence-electron chi connectivity index (χ2n) is 7.81. The Labute approximate surface area is 170 Å². The molecule has 3 unspecified atom stereocenters. The zero-order valence-electron chi connectivity index (χ0n) is 15.9. The van der Waals surface area contributed by atoms with Crippen LogP contribution in [-0.2, 0) is 4.74 Å². The molecule has 0 spiro atoms. The van der Waals surface area contributed by atoms with Crippen molar-refractivity contribution in [2.24, 2.45) is 17.6 Å². The van der Waals surface area contributed by atoms with E-state index in [4.69, 9.17) is 22.1 Å². The van der Waals surface area contributed by atoms with Gasteiger partial charge in [0.2, 0.25) is 0 Å². The number of nitrogens with zero attached hydrogens (tertiary/aromatic N) is 2. The van der Waals surface area contributed by atoms with Gasteiger partial charge in [0.1, 0.15) is 5.50 Å². The molecule has 2 aromatic rings. The first kappa shape index (κ1) is 19.6. The Bertz CT molecular complexity index is 822. The van der Waals surface area contributed by atoms with E-state index >= 15 is 0 Å². The van der Waals surface area contributed by atoms with Gasteiger partial charge in [0, 0.05) is 56.4 Å². The van der Waals surface area contributed by atoms with Crippen molar-refractivity contribution < 1.29 is 9.53 Å². The quantitative estimate of drug-likeness (QED) is 0.592. The van der Waals surface area contributed by atoms with E-state index in [-0.39, 0.29) is 23.4 Å². The van der Waals surface area contributed by atoms with Crippen LogP contribution in [0.1, 0.15) is 23.2 Å². The average molecular weight is 403 g/mol. The number of ether oxygens (including phenoxy) is 1. The number of rotatable bonds is 5. The number of alkyl halides is 1. The van der Waals surface area contributed by atoms with Crippen LogP contribution in [0, 0.1) is 11.8 Å². The molecule has 0 radical (unpaired) electrons. The Morgan fingerprint density at radius 3 is 2.89 bits per heavy atom. The van der Waals surface area contributed by atoms with Crippen LogP contribution in [0.3, 0.4) is 0 Å². The van der Waals surface area contributed by atoms with Crippen molar-refractivity contribution >= 4 is 28.4 Å². The van der Waals surface area contributed by atoms with Crippen molar-refractivity contribution in [3.05, 3.63) is 42.1 Å². The van der Waals surface area contributed by atoms with Gasteiger partial charge in [-0.3, -0.25) is 14.7 Å². The van der Waals surface area contributed by atoms with Crippen molar-refractivity contribution in [3.8, 4) is 0 Å². The van der Waals surface area contributed by atoms with Crippen LogP contribution in [0.25, 0.3) is 10.9 Å². The molecule has 0 aliphatic carbocycles. The van der Waals surface area contributed by atoms with Gasteiger partial charge < -0.3 is 15.8 Å². The first-order valence-corrected chi connectivity index (χ1v) is 10.4. The number of likely N-dealkylation sites (tertiary alicyclic amines) is 1. The molecule has 2 aliphatic rings. The fourth-order valence-electron chi connectivity index (χ4n) is 4.23. The lowest BCUT2D eigenvalue weighted by atomic mass is 10.00. The number of halogens is 1. The molecule has 2 saturated heterocycles. The molecule has 2 aliphatic heterocycles. The second-order valence-corrected chi connectivity index (χ2v) is 8.26. The van der Waals surface area contributed by atoms with E-state index in [1.54, 1.807) is 12.3 Å². The number of nitrogens with two attached hydrogens (primary N) is 1. The topological polar surface area (TPSA) is 80.5 Å². The van der Waals surface area contributed by atoms with Crippen molar-refractivity contribution in [3.63, 3.8) is 0 Å². The van der Waals surface area contributed by atoms with Crippen LogP contribution in [0.4, 0.5) is 0 Å². The first-order valence-electron chi connectivity index (χ1n) is 9.97. The molecule has 2 fully saturated rings. The molecule has 0 saturated carbocycles. The van der Waals surface area contributed by atoms with E-state index in [0.29, 0.717) is 18.0 Å². The third kappa shape index (κ3) is 4.15. The van der Waals surface area contributed by atoms with Gasteiger partial charge >= 0.3 is 0 Å². The van der Waals surface area contributed by atoms with Gasteiger partial charge in [0.25, 0.3) is 5.91 Å². The van der Waals surface area contributed by atoms with E-state index < -0.39 is 0 Å². The number of pyridine rings is 1. The van der Waals surface area contributed by atoms with Gasteiger partial charge in [0.15, 0.2) is 0 Å². The summed E-state index contributed by atoms with van der Waals surface area (Å²) in [6, 6.07) is 9.31. The van der Waals surface area contributed by atoms with E-state index in [1.807, 2.05) is 24.3 Å². The lowest BCUT2D eigenvalue weighted by Crippen LogP contribution is -2.41. The number of nitrogens with one attached hydrogen (secondary N) is 1. The molecular formula is C21H27ClN4O2. The predicted octanol–water partition coefficient (Wildman–Crippen LogP) is 2.22. The number of fused-ring (bicyclic) bond motifs is 1. The molecule has 3 heterocycles. The van der Waals surface area contributed by atoms with Crippen LogP contribution < -0.4 is 11.1 Å². The number of aromatic nitrogens is 1. The molecule has 0 bridgehead atoms. The molecule has 150 valence electrons. The second kappa shape index (κ2) is 8.74. The highest BCUT2D eigenvalue weighted by molar-refractivity contribution is 6.21. The smallest absolute Gasteiger partial charge is 0.253 e. The van der Waals surface area contributed by atoms with Crippen molar-refractivity contribution in [1.29, 1.82) is 0 Å². The van der Waals surface area contributed by atoms with Crippen LogP contribution in [0.15, 0.2) is 36.5 Å². The summed E-state index contributed by atoms with van der Waals surface area (Å²) in [6.07, 6.45) is 3.86. The zero-order chi connectivity index (χ0) is 19.5. The van der Waals surface area contributed by atoms with E-state index in [1.165, 1.54) is 0 Å². The minimum atomic E-state index is -0.191. The highest BCUT2D eigenvalue weighted by atomic mass is 35.5. The Balaban J connectivity index is 1.36. The fourth-order valence-corrected chi connectivity index (χ4v) is 4.60. The summed E-state index contributed by atoms with van der Waals surface area (Å²) in [6.45, 7) is 3.92. The summed E-state index contributed by atoms with van der Waals surface area (Å²) in [5, 5.41) is 4.00. The van der Waals surface area contributed by atoms with Gasteiger partial charge in [-0.2, -0.15) is 0 Å². The molecule has 7 heteroatoms. The summed E-state index contributed by atoms with van der Waals surface area (Å²) < 4.78 is 5.44. The molecule has 3 N–H and O–H groups in total. The van der Waals surface area contributed by atoms with Crippen LogP contribution in [0.2, 0.25) is 0 Å². The third-order valence-electron chi connectivity index (χ3n) is 5.92. The van der Waals surface area contributed by atoms with Crippen LogP contribution in [0.5, 0.6) is 0 Å². The summed E-state index contributed by atoms with van der Waals surface area (Å²) in [5.41, 5.74) is 7.49. The normalized spacial score (nSPS) is 26.6. The lowest BCUT2D eigenvalue weighted by Gasteiger charge is -2.29. The third-order valence-corrected chi connectivity index (χ3v) is 6.48.